The molecule has 0 saturated carbocycles. The van der Waals surface area contributed by atoms with E-state index in [2.05, 4.69) is 15.1 Å². The predicted molar refractivity (Wildman–Crippen MR) is 103 cm³/mol. The van der Waals surface area contributed by atoms with Crippen molar-refractivity contribution in [1.82, 2.24) is 15.1 Å². The topological polar surface area (TPSA) is 70.3 Å². The van der Waals surface area contributed by atoms with E-state index in [-0.39, 0.29) is 0 Å². The largest absolute Gasteiger partial charge is 0.494 e. The molecule has 0 atom stereocenters. The Morgan fingerprint density at radius 2 is 1.85 bits per heavy atom. The van der Waals surface area contributed by atoms with Crippen molar-refractivity contribution in [2.24, 2.45) is 0 Å². The van der Waals surface area contributed by atoms with Crippen molar-refractivity contribution in [3.05, 3.63) is 54.1 Å². The molecule has 6 nitrogen and oxygen atoms in total. The van der Waals surface area contributed by atoms with E-state index in [0.717, 1.165) is 27.8 Å². The number of ether oxygens (including phenoxy) is 2. The first kappa shape index (κ1) is 17.0. The summed E-state index contributed by atoms with van der Waals surface area (Å²) in [6.45, 7) is 4.59. The number of hydrogen-bond donors (Lipinski definition) is 0. The van der Waals surface area contributed by atoms with E-state index in [0.29, 0.717) is 29.8 Å². The number of methoxy groups -OCH3 is 1. The van der Waals surface area contributed by atoms with Gasteiger partial charge in [0.1, 0.15) is 5.75 Å². The monoisotopic (exact) mass is 361 g/mol. The predicted octanol–water partition coefficient (Wildman–Crippen LogP) is 4.67. The number of para-hydroxylation sites is 1. The van der Waals surface area contributed by atoms with Crippen LogP contribution in [0.4, 0.5) is 0 Å². The van der Waals surface area contributed by atoms with Gasteiger partial charge in [0.2, 0.25) is 11.7 Å². The summed E-state index contributed by atoms with van der Waals surface area (Å²) in [6.07, 6.45) is 0. The molecule has 0 aliphatic rings. The number of pyridine rings is 1. The first-order valence-corrected chi connectivity index (χ1v) is 8.71. The van der Waals surface area contributed by atoms with Crippen LogP contribution in [0.15, 0.2) is 53.1 Å². The van der Waals surface area contributed by atoms with Gasteiger partial charge in [0.25, 0.3) is 5.89 Å². The molecule has 0 radical (unpaired) electrons. The molecule has 4 aromatic rings. The molecule has 2 heterocycles. The van der Waals surface area contributed by atoms with E-state index in [9.17, 15) is 0 Å². The Labute approximate surface area is 156 Å². The Morgan fingerprint density at radius 3 is 2.59 bits per heavy atom. The van der Waals surface area contributed by atoms with Crippen molar-refractivity contribution < 1.29 is 14.0 Å². The van der Waals surface area contributed by atoms with Gasteiger partial charge in [-0.1, -0.05) is 23.4 Å². The molecule has 0 N–H and O–H groups in total. The lowest BCUT2D eigenvalue weighted by Gasteiger charge is -2.08. The van der Waals surface area contributed by atoms with Crippen LogP contribution in [0.1, 0.15) is 12.5 Å². The molecule has 0 unspecified atom stereocenters. The maximum Gasteiger partial charge on any atom is 0.258 e. The van der Waals surface area contributed by atoms with Gasteiger partial charge in [-0.25, -0.2) is 4.98 Å². The van der Waals surface area contributed by atoms with E-state index >= 15 is 0 Å². The highest BCUT2D eigenvalue weighted by atomic mass is 16.5. The number of nitrogens with zero attached hydrogens (tertiary/aromatic N) is 3. The lowest BCUT2D eigenvalue weighted by molar-refractivity contribution is 0.340. The minimum absolute atomic E-state index is 0.430. The maximum absolute atomic E-state index is 5.47. The summed E-state index contributed by atoms with van der Waals surface area (Å²) in [5.74, 6) is 2.14. The van der Waals surface area contributed by atoms with Crippen molar-refractivity contribution in [2.75, 3.05) is 13.7 Å². The lowest BCUT2D eigenvalue weighted by Crippen LogP contribution is -1.95. The number of aromatic nitrogens is 3. The van der Waals surface area contributed by atoms with Crippen molar-refractivity contribution >= 4 is 10.9 Å². The molecule has 0 fully saturated rings. The van der Waals surface area contributed by atoms with Gasteiger partial charge in [0.15, 0.2) is 0 Å². The first-order chi connectivity index (χ1) is 13.2. The first-order valence-electron chi connectivity index (χ1n) is 8.71. The van der Waals surface area contributed by atoms with Crippen LogP contribution in [-0.4, -0.2) is 28.8 Å². The third kappa shape index (κ3) is 3.21. The summed E-state index contributed by atoms with van der Waals surface area (Å²) < 4.78 is 16.4. The molecule has 0 aliphatic heterocycles. The normalized spacial score (nSPS) is 10.9. The highest BCUT2D eigenvalue weighted by molar-refractivity contribution is 5.87. The SMILES string of the molecule is CCOc1ccc(-c2nc(-c3cc4cccc(C)c4nc3OC)no2)cc1. The lowest BCUT2D eigenvalue weighted by atomic mass is 10.1. The second-order valence-corrected chi connectivity index (χ2v) is 6.07. The molecule has 2 aromatic heterocycles. The van der Waals surface area contributed by atoms with Crippen molar-refractivity contribution in [3.8, 4) is 34.5 Å². The molecule has 0 amide bonds. The minimum atomic E-state index is 0.430. The fourth-order valence-corrected chi connectivity index (χ4v) is 2.96. The van der Waals surface area contributed by atoms with Crippen LogP contribution >= 0.6 is 0 Å². The Bertz CT molecular complexity index is 1090. The minimum Gasteiger partial charge on any atom is -0.494 e. The molecular formula is C21H19N3O3. The standard InChI is InChI=1S/C21H19N3O3/c1-4-26-16-10-8-14(9-11-16)20-23-19(24-27-20)17-12-15-7-5-6-13(2)18(15)22-21(17)25-3/h5-12H,4H2,1-3H3. The van der Waals surface area contributed by atoms with Crippen LogP contribution in [0.3, 0.4) is 0 Å². The van der Waals surface area contributed by atoms with Crippen LogP contribution < -0.4 is 9.47 Å². The number of hydrogen-bond acceptors (Lipinski definition) is 6. The van der Waals surface area contributed by atoms with Crippen LogP contribution in [-0.2, 0) is 0 Å². The van der Waals surface area contributed by atoms with Gasteiger partial charge in [-0.15, -0.1) is 0 Å². The summed E-state index contributed by atoms with van der Waals surface area (Å²) in [7, 11) is 1.59. The van der Waals surface area contributed by atoms with Gasteiger partial charge in [-0.3, -0.25) is 0 Å². The number of benzene rings is 2. The maximum atomic E-state index is 5.47. The van der Waals surface area contributed by atoms with E-state index in [1.54, 1.807) is 7.11 Å². The quantitative estimate of drug-likeness (QED) is 0.514. The number of aryl methyl sites for hydroxylation is 1. The molecule has 0 bridgehead atoms. The molecule has 0 saturated heterocycles. The van der Waals surface area contributed by atoms with E-state index in [1.165, 1.54) is 0 Å². The third-order valence-corrected chi connectivity index (χ3v) is 4.29. The van der Waals surface area contributed by atoms with Crippen LogP contribution in [0.5, 0.6) is 11.6 Å². The number of fused-ring (bicyclic) bond motifs is 1. The average molecular weight is 361 g/mol. The summed E-state index contributed by atoms with van der Waals surface area (Å²) in [5, 5.41) is 5.12. The second kappa shape index (κ2) is 7.07. The molecule has 27 heavy (non-hydrogen) atoms. The van der Waals surface area contributed by atoms with Crippen molar-refractivity contribution in [2.45, 2.75) is 13.8 Å². The molecule has 4 rings (SSSR count). The highest BCUT2D eigenvalue weighted by Gasteiger charge is 2.17. The second-order valence-electron chi connectivity index (χ2n) is 6.07. The molecule has 0 aliphatic carbocycles. The molecule has 136 valence electrons. The molecule has 0 spiro atoms. The van der Waals surface area contributed by atoms with Crippen LogP contribution in [0.25, 0.3) is 33.7 Å². The average Bonchev–Trinajstić information content (AvgIpc) is 3.18. The van der Waals surface area contributed by atoms with Crippen LogP contribution in [0.2, 0.25) is 0 Å². The Morgan fingerprint density at radius 1 is 1.04 bits per heavy atom. The summed E-state index contributed by atoms with van der Waals surface area (Å²) >= 11 is 0. The van der Waals surface area contributed by atoms with Crippen molar-refractivity contribution in [1.29, 1.82) is 0 Å². The Kier molecular flexibility index (Phi) is 4.46. The number of rotatable bonds is 5. The van der Waals surface area contributed by atoms with E-state index in [1.807, 2.05) is 62.4 Å². The smallest absolute Gasteiger partial charge is 0.258 e. The van der Waals surface area contributed by atoms with E-state index in [4.69, 9.17) is 14.0 Å². The third-order valence-electron chi connectivity index (χ3n) is 4.29. The zero-order valence-electron chi connectivity index (χ0n) is 15.4. The van der Waals surface area contributed by atoms with Gasteiger partial charge in [0.05, 0.1) is 24.8 Å². The summed E-state index contributed by atoms with van der Waals surface area (Å²) in [4.78, 5) is 9.15. The van der Waals surface area contributed by atoms with Crippen molar-refractivity contribution in [3.63, 3.8) is 0 Å². The summed E-state index contributed by atoms with van der Waals surface area (Å²) in [5.41, 5.74) is 3.49. The zero-order valence-corrected chi connectivity index (χ0v) is 15.4. The Balaban J connectivity index is 1.74. The highest BCUT2D eigenvalue weighted by Crippen LogP contribution is 2.32. The van der Waals surface area contributed by atoms with Gasteiger partial charge < -0.3 is 14.0 Å². The molecule has 2 aromatic carbocycles. The Hall–Kier alpha value is -3.41. The van der Waals surface area contributed by atoms with E-state index < -0.39 is 0 Å². The fraction of sp³-hybridized carbons (Fsp3) is 0.190. The summed E-state index contributed by atoms with van der Waals surface area (Å²) in [6, 6.07) is 15.5. The van der Waals surface area contributed by atoms with Gasteiger partial charge in [0, 0.05) is 10.9 Å². The molecule has 6 heteroatoms. The van der Waals surface area contributed by atoms with Gasteiger partial charge in [-0.05, 0) is 49.7 Å². The zero-order chi connectivity index (χ0) is 18.8. The van der Waals surface area contributed by atoms with Gasteiger partial charge >= 0.3 is 0 Å². The van der Waals surface area contributed by atoms with Crippen LogP contribution in [0, 0.1) is 6.92 Å². The van der Waals surface area contributed by atoms with Gasteiger partial charge in [-0.2, -0.15) is 4.98 Å². The fourth-order valence-electron chi connectivity index (χ4n) is 2.96. The molecular weight excluding hydrogens is 342 g/mol.